The molecule has 1 atom stereocenters. The Balaban J connectivity index is 1.17. The molecule has 1 aromatic heterocycles. The maximum absolute atomic E-state index is 12.4. The van der Waals surface area contributed by atoms with Crippen molar-refractivity contribution in [3.63, 3.8) is 0 Å². The molecule has 2 aliphatic heterocycles. The molecule has 0 saturated carbocycles. The largest absolute Gasteiger partial charge is 0.355 e. The van der Waals surface area contributed by atoms with Crippen molar-refractivity contribution in [3.8, 4) is 0 Å². The lowest BCUT2D eigenvalue weighted by molar-refractivity contribution is -0.118. The summed E-state index contributed by atoms with van der Waals surface area (Å²) in [5, 5.41) is 4.00. The van der Waals surface area contributed by atoms with E-state index in [0.717, 1.165) is 51.5 Å². The zero-order valence-corrected chi connectivity index (χ0v) is 23.4. The zero-order chi connectivity index (χ0) is 25.9. The minimum atomic E-state index is 0.0130. The van der Waals surface area contributed by atoms with Crippen LogP contribution in [0, 0.1) is 0 Å². The first kappa shape index (κ1) is 27.9. The molecule has 1 N–H and O–H groups in total. The summed E-state index contributed by atoms with van der Waals surface area (Å²) < 4.78 is 0. The van der Waals surface area contributed by atoms with Crippen molar-refractivity contribution in [2.45, 2.75) is 43.8 Å². The number of piperidine rings is 1. The highest BCUT2D eigenvalue weighted by molar-refractivity contribution is 7.99. The predicted molar refractivity (Wildman–Crippen MR) is 154 cm³/mol. The van der Waals surface area contributed by atoms with Gasteiger partial charge in [0.2, 0.25) is 5.91 Å². The number of benzene rings is 1. The van der Waals surface area contributed by atoms with Crippen LogP contribution >= 0.6 is 23.4 Å². The number of carbonyl (C=O) groups is 1. The van der Waals surface area contributed by atoms with Gasteiger partial charge >= 0.3 is 0 Å². The molecular weight excluding hydrogens is 504 g/mol. The fraction of sp³-hybridized carbons (Fsp3) is 0.536. The number of piperazine rings is 1. The van der Waals surface area contributed by atoms with Crippen LogP contribution in [0.5, 0.6) is 0 Å². The number of amides is 1. The van der Waals surface area contributed by atoms with Crippen LogP contribution in [-0.2, 0) is 4.79 Å². The summed E-state index contributed by atoms with van der Waals surface area (Å²) in [6.45, 7) is 9.85. The van der Waals surface area contributed by atoms with E-state index in [4.69, 9.17) is 16.6 Å². The second-order valence-electron chi connectivity index (χ2n) is 9.81. The standard InChI is InChI=1S/C28H39ClN6OS/c1-23-9-5-6-15-34(23)16-8-13-30-27(36)22-37-28-31-25(29)21-26(32-28)35-19-17-33(18-20-35)14-7-12-24-10-3-2-4-11-24/h2-4,7,10-12,21,23H,5-6,8-9,13-20,22H2,1H3,(H,30,36). The molecule has 1 aromatic carbocycles. The molecule has 2 aliphatic rings. The number of likely N-dealkylation sites (tertiary alicyclic amines) is 1. The fourth-order valence-electron chi connectivity index (χ4n) is 4.85. The van der Waals surface area contributed by atoms with Gasteiger partial charge in [0.15, 0.2) is 5.16 Å². The Kier molecular flexibility index (Phi) is 11.1. The minimum Gasteiger partial charge on any atom is -0.355 e. The van der Waals surface area contributed by atoms with Gasteiger partial charge in [0, 0.05) is 57.9 Å². The Bertz CT molecular complexity index is 1010. The highest BCUT2D eigenvalue weighted by Gasteiger charge is 2.19. The van der Waals surface area contributed by atoms with Crippen LogP contribution in [0.4, 0.5) is 5.82 Å². The number of carbonyl (C=O) groups excluding carboxylic acids is 1. The van der Waals surface area contributed by atoms with Gasteiger partial charge in [-0.25, -0.2) is 9.97 Å². The maximum Gasteiger partial charge on any atom is 0.230 e. The Morgan fingerprint density at radius 2 is 1.95 bits per heavy atom. The summed E-state index contributed by atoms with van der Waals surface area (Å²) in [5.74, 6) is 1.14. The molecule has 2 fully saturated rings. The third kappa shape index (κ3) is 9.28. The van der Waals surface area contributed by atoms with Crippen molar-refractivity contribution in [2.24, 2.45) is 0 Å². The molecule has 2 saturated heterocycles. The third-order valence-corrected chi connectivity index (χ3v) is 8.09. The van der Waals surface area contributed by atoms with E-state index in [-0.39, 0.29) is 5.91 Å². The van der Waals surface area contributed by atoms with Crippen molar-refractivity contribution in [1.82, 2.24) is 25.1 Å². The molecule has 37 heavy (non-hydrogen) atoms. The topological polar surface area (TPSA) is 64.6 Å². The second kappa shape index (κ2) is 14.7. The van der Waals surface area contributed by atoms with Crippen LogP contribution < -0.4 is 10.2 Å². The number of nitrogens with one attached hydrogen (secondary N) is 1. The van der Waals surface area contributed by atoms with Crippen molar-refractivity contribution in [1.29, 1.82) is 0 Å². The van der Waals surface area contributed by atoms with E-state index in [2.05, 4.69) is 68.3 Å². The van der Waals surface area contributed by atoms with E-state index in [1.54, 1.807) is 0 Å². The Labute approximate surface area is 230 Å². The van der Waals surface area contributed by atoms with Crippen LogP contribution in [0.1, 0.15) is 38.2 Å². The van der Waals surface area contributed by atoms with Crippen LogP contribution in [0.15, 0.2) is 47.6 Å². The molecule has 200 valence electrons. The number of hydrogen-bond acceptors (Lipinski definition) is 7. The summed E-state index contributed by atoms with van der Waals surface area (Å²) in [4.78, 5) is 28.6. The Morgan fingerprint density at radius 1 is 1.14 bits per heavy atom. The average Bonchev–Trinajstić information content (AvgIpc) is 2.91. The molecule has 0 bridgehead atoms. The quantitative estimate of drug-likeness (QED) is 0.195. The van der Waals surface area contributed by atoms with Crippen LogP contribution in [0.3, 0.4) is 0 Å². The molecule has 1 amide bonds. The number of hydrogen-bond donors (Lipinski definition) is 1. The zero-order valence-electron chi connectivity index (χ0n) is 21.8. The number of rotatable bonds is 11. The van der Waals surface area contributed by atoms with Gasteiger partial charge in [0.25, 0.3) is 0 Å². The van der Waals surface area contributed by atoms with Gasteiger partial charge in [-0.2, -0.15) is 0 Å². The summed E-state index contributed by atoms with van der Waals surface area (Å²) in [6, 6.07) is 12.9. The minimum absolute atomic E-state index is 0.0130. The normalized spacial score (nSPS) is 19.4. The Hall–Kier alpha value is -2.13. The van der Waals surface area contributed by atoms with E-state index in [1.165, 1.54) is 43.1 Å². The molecular formula is C28H39ClN6OS. The third-order valence-electron chi connectivity index (χ3n) is 7.05. The van der Waals surface area contributed by atoms with Crippen molar-refractivity contribution < 1.29 is 4.79 Å². The van der Waals surface area contributed by atoms with Crippen molar-refractivity contribution >= 4 is 41.2 Å². The van der Waals surface area contributed by atoms with Gasteiger partial charge in [-0.3, -0.25) is 9.69 Å². The second-order valence-corrected chi connectivity index (χ2v) is 11.1. The maximum atomic E-state index is 12.4. The molecule has 2 aromatic rings. The number of nitrogens with zero attached hydrogens (tertiary/aromatic N) is 5. The number of thioether (sulfide) groups is 1. The lowest BCUT2D eigenvalue weighted by Crippen LogP contribution is -2.46. The first-order valence-electron chi connectivity index (χ1n) is 13.4. The molecule has 0 aliphatic carbocycles. The highest BCUT2D eigenvalue weighted by Crippen LogP contribution is 2.23. The molecule has 1 unspecified atom stereocenters. The molecule has 3 heterocycles. The number of anilines is 1. The number of aromatic nitrogens is 2. The fourth-order valence-corrected chi connectivity index (χ4v) is 5.77. The van der Waals surface area contributed by atoms with Gasteiger partial charge in [-0.15, -0.1) is 0 Å². The molecule has 0 spiro atoms. The van der Waals surface area contributed by atoms with Gasteiger partial charge in [-0.05, 0) is 38.3 Å². The van der Waals surface area contributed by atoms with E-state index >= 15 is 0 Å². The predicted octanol–water partition coefficient (Wildman–Crippen LogP) is 4.44. The van der Waals surface area contributed by atoms with E-state index in [1.807, 2.05) is 12.1 Å². The molecule has 9 heteroatoms. The highest BCUT2D eigenvalue weighted by atomic mass is 35.5. The van der Waals surface area contributed by atoms with Gasteiger partial charge in [0.05, 0.1) is 5.75 Å². The van der Waals surface area contributed by atoms with E-state index in [9.17, 15) is 4.79 Å². The van der Waals surface area contributed by atoms with Crippen LogP contribution in [0.25, 0.3) is 6.08 Å². The number of halogens is 1. The SMILES string of the molecule is CC1CCCCN1CCCNC(=O)CSc1nc(Cl)cc(N2CCN(CC=Cc3ccccc3)CC2)n1. The van der Waals surface area contributed by atoms with Gasteiger partial charge in [0.1, 0.15) is 11.0 Å². The van der Waals surface area contributed by atoms with Gasteiger partial charge < -0.3 is 15.1 Å². The molecule has 0 radical (unpaired) electrons. The van der Waals surface area contributed by atoms with E-state index in [0.29, 0.717) is 28.6 Å². The monoisotopic (exact) mass is 542 g/mol. The smallest absolute Gasteiger partial charge is 0.230 e. The average molecular weight is 543 g/mol. The molecule has 4 rings (SSSR count). The van der Waals surface area contributed by atoms with Crippen LogP contribution in [-0.4, -0.2) is 89.8 Å². The first-order chi connectivity index (χ1) is 18.1. The first-order valence-corrected chi connectivity index (χ1v) is 14.8. The van der Waals surface area contributed by atoms with Crippen LogP contribution in [0.2, 0.25) is 5.15 Å². The van der Waals surface area contributed by atoms with Crippen molar-refractivity contribution in [3.05, 3.63) is 53.2 Å². The van der Waals surface area contributed by atoms with Gasteiger partial charge in [-0.1, -0.05) is 72.3 Å². The molecule has 7 nitrogen and oxygen atoms in total. The summed E-state index contributed by atoms with van der Waals surface area (Å²) >= 11 is 7.65. The Morgan fingerprint density at radius 3 is 2.73 bits per heavy atom. The summed E-state index contributed by atoms with van der Waals surface area (Å²) in [7, 11) is 0. The lowest BCUT2D eigenvalue weighted by atomic mass is 10.0. The van der Waals surface area contributed by atoms with E-state index < -0.39 is 0 Å². The summed E-state index contributed by atoms with van der Waals surface area (Å²) in [5.41, 5.74) is 1.22. The lowest BCUT2D eigenvalue weighted by Gasteiger charge is -2.35. The van der Waals surface area contributed by atoms with Crippen molar-refractivity contribution in [2.75, 3.05) is 63.0 Å². The summed E-state index contributed by atoms with van der Waals surface area (Å²) in [6.07, 6.45) is 9.28.